The number of halogens is 4. The highest BCUT2D eigenvalue weighted by atomic mass is 35.5. The van der Waals surface area contributed by atoms with Crippen LogP contribution in [0.1, 0.15) is 9.68 Å². The second-order valence-corrected chi connectivity index (χ2v) is 6.07. The lowest BCUT2D eigenvalue weighted by atomic mass is 10.1. The molecule has 1 aliphatic heterocycles. The molecule has 2 aromatic carbocycles. The Morgan fingerprint density at radius 1 is 1.24 bits per heavy atom. The zero-order valence-electron chi connectivity index (χ0n) is 17.6. The van der Waals surface area contributed by atoms with Crippen molar-refractivity contribution in [1.29, 1.82) is 0 Å². The van der Waals surface area contributed by atoms with E-state index < -0.39 is 25.2 Å². The van der Waals surface area contributed by atoms with Crippen LogP contribution in [0.4, 0.5) is 35.0 Å². The fraction of sp³-hybridized carbons (Fsp3) is 0.222. The molecule has 0 bridgehead atoms. The minimum absolute atomic E-state index is 0.0134. The molecule has 0 atom stereocenters. The molecule has 0 aromatic heterocycles. The monoisotopic (exact) mass is 434 g/mol. The fourth-order valence-electron chi connectivity index (χ4n) is 2.43. The zero-order chi connectivity index (χ0) is 24.1. The summed E-state index contributed by atoms with van der Waals surface area (Å²) in [5.41, 5.74) is 2.89. The van der Waals surface area contributed by atoms with Crippen molar-refractivity contribution in [1.82, 2.24) is 0 Å². The SMILES string of the molecule is O=C(O)C(F)(F)F.[2H]C([2H])([2H])Oc1ccc(Cl)cc1NC(=O)Nc1cccc2c1CCN2. The van der Waals surface area contributed by atoms with Gasteiger partial charge in [0.15, 0.2) is 0 Å². The van der Waals surface area contributed by atoms with Gasteiger partial charge in [0.25, 0.3) is 0 Å². The highest BCUT2D eigenvalue weighted by molar-refractivity contribution is 6.31. The Labute approximate surface area is 173 Å². The second-order valence-electron chi connectivity index (χ2n) is 5.63. The first-order valence-electron chi connectivity index (χ1n) is 9.49. The van der Waals surface area contributed by atoms with Gasteiger partial charge in [-0.25, -0.2) is 9.59 Å². The summed E-state index contributed by atoms with van der Waals surface area (Å²) in [6.45, 7) is 0.820. The summed E-state index contributed by atoms with van der Waals surface area (Å²) >= 11 is 5.93. The number of hydrogen-bond acceptors (Lipinski definition) is 4. The van der Waals surface area contributed by atoms with Crippen LogP contribution in [0.25, 0.3) is 0 Å². The number of urea groups is 1. The molecule has 1 heterocycles. The van der Waals surface area contributed by atoms with E-state index in [1.54, 1.807) is 0 Å². The number of benzene rings is 2. The van der Waals surface area contributed by atoms with E-state index in [-0.39, 0.29) is 11.4 Å². The average molecular weight is 435 g/mol. The number of amides is 2. The van der Waals surface area contributed by atoms with E-state index in [9.17, 15) is 18.0 Å². The number of nitrogens with one attached hydrogen (secondary N) is 3. The quantitative estimate of drug-likeness (QED) is 0.566. The van der Waals surface area contributed by atoms with Crippen molar-refractivity contribution < 1.29 is 36.7 Å². The van der Waals surface area contributed by atoms with Gasteiger partial charge in [-0.1, -0.05) is 17.7 Å². The highest BCUT2D eigenvalue weighted by Crippen LogP contribution is 2.30. The molecule has 2 aromatic rings. The summed E-state index contributed by atoms with van der Waals surface area (Å²) in [5.74, 6) is -2.74. The maximum atomic E-state index is 12.3. The third-order valence-electron chi connectivity index (χ3n) is 3.66. The van der Waals surface area contributed by atoms with Crippen LogP contribution >= 0.6 is 11.6 Å². The molecule has 1 aliphatic rings. The van der Waals surface area contributed by atoms with E-state index >= 15 is 0 Å². The maximum absolute atomic E-state index is 12.3. The standard InChI is InChI=1S/C16H16ClN3O2.C2HF3O2/c1-22-15-6-5-10(17)9-14(15)20-16(21)19-13-4-2-3-12-11(13)7-8-18-12;3-2(4,5)1(6)7/h2-6,9,18H,7-8H2,1H3,(H2,19,20,21);(H,6,7)/i1D3;. The van der Waals surface area contributed by atoms with Crippen molar-refractivity contribution in [2.45, 2.75) is 12.6 Å². The molecule has 0 radical (unpaired) electrons. The number of fused-ring (bicyclic) bond motifs is 1. The molecular weight excluding hydrogens is 415 g/mol. The van der Waals surface area contributed by atoms with Gasteiger partial charge in [0.1, 0.15) is 5.75 Å². The maximum Gasteiger partial charge on any atom is 0.490 e. The van der Waals surface area contributed by atoms with Crippen LogP contribution in [-0.4, -0.2) is 36.9 Å². The third-order valence-corrected chi connectivity index (χ3v) is 3.89. The Hall–Kier alpha value is -3.14. The average Bonchev–Trinajstić information content (AvgIpc) is 3.12. The molecule has 0 fully saturated rings. The van der Waals surface area contributed by atoms with Crippen LogP contribution in [0.3, 0.4) is 0 Å². The van der Waals surface area contributed by atoms with Gasteiger partial charge in [-0.3, -0.25) is 0 Å². The number of anilines is 3. The van der Waals surface area contributed by atoms with Crippen LogP contribution in [0.2, 0.25) is 5.02 Å². The lowest BCUT2D eigenvalue weighted by Gasteiger charge is -2.13. The number of carbonyl (C=O) groups is 2. The van der Waals surface area contributed by atoms with Crippen molar-refractivity contribution in [2.75, 3.05) is 29.5 Å². The minimum atomic E-state index is -5.08. The van der Waals surface area contributed by atoms with Crippen molar-refractivity contribution in [3.63, 3.8) is 0 Å². The Balaban J connectivity index is 0.000000451. The predicted molar refractivity (Wildman–Crippen MR) is 103 cm³/mol. The van der Waals surface area contributed by atoms with Gasteiger partial charge in [0, 0.05) is 28.5 Å². The van der Waals surface area contributed by atoms with Crippen LogP contribution in [0.15, 0.2) is 36.4 Å². The van der Waals surface area contributed by atoms with Gasteiger partial charge in [-0.2, -0.15) is 13.2 Å². The molecule has 0 saturated heterocycles. The van der Waals surface area contributed by atoms with Gasteiger partial charge >= 0.3 is 18.2 Å². The molecule has 2 amide bonds. The van der Waals surface area contributed by atoms with Crippen molar-refractivity contribution in [2.24, 2.45) is 0 Å². The molecule has 29 heavy (non-hydrogen) atoms. The number of carbonyl (C=O) groups excluding carboxylic acids is 1. The van der Waals surface area contributed by atoms with Crippen molar-refractivity contribution >= 4 is 40.7 Å². The molecular formula is C18H17ClF3N3O4. The van der Waals surface area contributed by atoms with Crippen molar-refractivity contribution in [3.8, 4) is 5.75 Å². The highest BCUT2D eigenvalue weighted by Gasteiger charge is 2.38. The molecule has 11 heteroatoms. The largest absolute Gasteiger partial charge is 0.495 e. The number of carboxylic acid groups (broad SMARTS) is 1. The van der Waals surface area contributed by atoms with Crippen LogP contribution in [0, 0.1) is 0 Å². The number of hydrogen-bond donors (Lipinski definition) is 4. The van der Waals surface area contributed by atoms with Gasteiger partial charge < -0.3 is 25.8 Å². The molecule has 156 valence electrons. The smallest absolute Gasteiger partial charge is 0.490 e. The van der Waals surface area contributed by atoms with E-state index in [2.05, 4.69) is 16.0 Å². The number of methoxy groups -OCH3 is 1. The normalized spacial score (nSPS) is 14.0. The number of ether oxygens (including phenoxy) is 1. The van der Waals surface area contributed by atoms with Crippen LogP contribution in [0.5, 0.6) is 5.75 Å². The molecule has 0 saturated carbocycles. The van der Waals surface area contributed by atoms with E-state index in [4.69, 9.17) is 30.4 Å². The van der Waals surface area contributed by atoms with E-state index in [0.717, 1.165) is 24.2 Å². The number of aliphatic carboxylic acids is 1. The van der Waals surface area contributed by atoms with E-state index in [1.165, 1.54) is 18.2 Å². The predicted octanol–water partition coefficient (Wildman–Crippen LogP) is 4.59. The first kappa shape index (κ1) is 17.9. The van der Waals surface area contributed by atoms with Gasteiger partial charge in [0.05, 0.1) is 16.8 Å². The number of alkyl halides is 3. The summed E-state index contributed by atoms with van der Waals surface area (Å²) in [6.07, 6.45) is -4.27. The van der Waals surface area contributed by atoms with Gasteiger partial charge in [-0.05, 0) is 36.8 Å². The van der Waals surface area contributed by atoms with Gasteiger partial charge in [-0.15, -0.1) is 0 Å². The summed E-state index contributed by atoms with van der Waals surface area (Å²) in [7, 11) is -2.63. The third kappa shape index (κ3) is 6.18. The second kappa shape index (κ2) is 9.37. The Morgan fingerprint density at radius 3 is 2.59 bits per heavy atom. The molecule has 4 N–H and O–H groups in total. The summed E-state index contributed by atoms with van der Waals surface area (Å²) in [6, 6.07) is 9.40. The van der Waals surface area contributed by atoms with Crippen molar-refractivity contribution in [3.05, 3.63) is 47.0 Å². The lowest BCUT2D eigenvalue weighted by molar-refractivity contribution is -0.192. The van der Waals surface area contributed by atoms with E-state index in [1.807, 2.05) is 18.2 Å². The van der Waals surface area contributed by atoms with E-state index in [0.29, 0.717) is 10.7 Å². The number of rotatable bonds is 3. The first-order chi connectivity index (χ1) is 14.8. The summed E-state index contributed by atoms with van der Waals surface area (Å²) in [5, 5.41) is 16.1. The molecule has 0 aliphatic carbocycles. The first-order valence-corrected chi connectivity index (χ1v) is 8.36. The molecule has 0 spiro atoms. The topological polar surface area (TPSA) is 99.7 Å². The fourth-order valence-corrected chi connectivity index (χ4v) is 2.60. The Bertz CT molecular complexity index is 1000. The Kier molecular flexibility index (Phi) is 5.79. The summed E-state index contributed by atoms with van der Waals surface area (Å²) < 4.78 is 58.3. The molecule has 0 unspecified atom stereocenters. The van der Waals surface area contributed by atoms with Crippen LogP contribution in [-0.2, 0) is 11.2 Å². The Morgan fingerprint density at radius 2 is 1.93 bits per heavy atom. The minimum Gasteiger partial charge on any atom is -0.495 e. The zero-order valence-corrected chi connectivity index (χ0v) is 15.3. The molecule has 3 rings (SSSR count). The molecule has 7 nitrogen and oxygen atoms in total. The van der Waals surface area contributed by atoms with Crippen LogP contribution < -0.4 is 20.7 Å². The lowest BCUT2D eigenvalue weighted by Crippen LogP contribution is -2.21. The summed E-state index contributed by atoms with van der Waals surface area (Å²) in [4.78, 5) is 21.2. The number of carboxylic acids is 1. The van der Waals surface area contributed by atoms with Gasteiger partial charge in [0.2, 0.25) is 0 Å².